The first-order valence-electron chi connectivity index (χ1n) is 21.3. The van der Waals surface area contributed by atoms with Crippen LogP contribution >= 0.6 is 0 Å². The standard InChI is InChI=1S/C43H84N2/c1-5-8-11-14-16-18-20-22-23-24-25-27-29-31-33-36-41(4)45-40-39-44-43(45)42(37-34-13-10-7-3)38-35-32-30-28-26-21-19-17-15-12-9-6-2/h39-42H,5-38H2,1-4H3/p+1. The molecule has 0 aliphatic heterocycles. The fourth-order valence-electron chi connectivity index (χ4n) is 7.49. The van der Waals surface area contributed by atoms with Gasteiger partial charge in [-0.2, -0.15) is 0 Å². The van der Waals surface area contributed by atoms with E-state index < -0.39 is 0 Å². The van der Waals surface area contributed by atoms with Crippen molar-refractivity contribution in [3.63, 3.8) is 0 Å². The number of H-pyrrole nitrogens is 1. The lowest BCUT2D eigenvalue weighted by atomic mass is 9.93. The van der Waals surface area contributed by atoms with Gasteiger partial charge in [0.05, 0.1) is 12.0 Å². The lowest BCUT2D eigenvalue weighted by Gasteiger charge is -2.17. The minimum absolute atomic E-state index is 0.619. The average molecular weight is 630 g/mol. The van der Waals surface area contributed by atoms with E-state index in [0.29, 0.717) is 12.0 Å². The van der Waals surface area contributed by atoms with Crippen molar-refractivity contribution in [1.29, 1.82) is 0 Å². The second kappa shape index (κ2) is 33.1. The summed E-state index contributed by atoms with van der Waals surface area (Å²) < 4.78 is 2.63. The molecule has 2 atom stereocenters. The molecule has 0 saturated heterocycles. The number of aromatic nitrogens is 2. The molecule has 2 heteroatoms. The number of unbranched alkanes of at least 4 members (excludes halogenated alkanes) is 28. The molecule has 0 radical (unpaired) electrons. The number of imidazole rings is 1. The van der Waals surface area contributed by atoms with Crippen molar-refractivity contribution < 1.29 is 4.57 Å². The van der Waals surface area contributed by atoms with Crippen molar-refractivity contribution >= 4 is 0 Å². The Balaban J connectivity index is 2.24. The smallest absolute Gasteiger partial charge is 0.247 e. The zero-order valence-corrected chi connectivity index (χ0v) is 31.8. The first kappa shape index (κ1) is 42.2. The van der Waals surface area contributed by atoms with Crippen LogP contribution in [0.4, 0.5) is 0 Å². The van der Waals surface area contributed by atoms with Gasteiger partial charge in [-0.05, 0) is 32.6 Å². The van der Waals surface area contributed by atoms with Gasteiger partial charge in [-0.15, -0.1) is 0 Å². The van der Waals surface area contributed by atoms with Gasteiger partial charge >= 0.3 is 0 Å². The maximum atomic E-state index is 3.74. The lowest BCUT2D eigenvalue weighted by Crippen LogP contribution is -2.41. The Labute approximate surface area is 285 Å². The van der Waals surface area contributed by atoms with Gasteiger partial charge in [0.1, 0.15) is 12.4 Å². The molecule has 0 fully saturated rings. The number of aromatic amines is 1. The fourth-order valence-corrected chi connectivity index (χ4v) is 7.49. The molecule has 1 aromatic heterocycles. The van der Waals surface area contributed by atoms with E-state index >= 15 is 0 Å². The van der Waals surface area contributed by atoms with Gasteiger partial charge in [0.25, 0.3) is 5.82 Å². The van der Waals surface area contributed by atoms with Gasteiger partial charge in [-0.1, -0.05) is 213 Å². The molecule has 0 aliphatic carbocycles. The van der Waals surface area contributed by atoms with Crippen LogP contribution in [0.2, 0.25) is 0 Å². The Morgan fingerprint density at radius 3 is 1.07 bits per heavy atom. The Hall–Kier alpha value is -0.790. The summed E-state index contributed by atoms with van der Waals surface area (Å²) in [5.74, 6) is 2.24. The number of nitrogens with one attached hydrogen (secondary N) is 1. The molecule has 0 amide bonds. The summed E-state index contributed by atoms with van der Waals surface area (Å²) in [6.07, 6.45) is 53.2. The summed E-state index contributed by atoms with van der Waals surface area (Å²) in [5.41, 5.74) is 0. The van der Waals surface area contributed by atoms with E-state index in [4.69, 9.17) is 0 Å². The third-order valence-electron chi connectivity index (χ3n) is 10.6. The van der Waals surface area contributed by atoms with E-state index in [1.54, 1.807) is 0 Å². The van der Waals surface area contributed by atoms with Crippen LogP contribution in [0.15, 0.2) is 12.4 Å². The normalized spacial score (nSPS) is 13.1. The van der Waals surface area contributed by atoms with E-state index in [9.17, 15) is 0 Å². The third-order valence-corrected chi connectivity index (χ3v) is 10.6. The molecule has 1 N–H and O–H groups in total. The van der Waals surface area contributed by atoms with Crippen molar-refractivity contribution in [2.24, 2.45) is 0 Å². The van der Waals surface area contributed by atoms with E-state index in [1.807, 2.05) is 0 Å². The number of nitrogens with zero attached hydrogens (tertiary/aromatic N) is 1. The molecule has 266 valence electrons. The fraction of sp³-hybridized carbons (Fsp3) is 0.930. The molecule has 0 spiro atoms. The molecule has 0 aliphatic rings. The molecular weight excluding hydrogens is 544 g/mol. The predicted octanol–water partition coefficient (Wildman–Crippen LogP) is 15.3. The van der Waals surface area contributed by atoms with Gasteiger partial charge in [0.15, 0.2) is 0 Å². The summed E-state index contributed by atoms with van der Waals surface area (Å²) in [6, 6.07) is 0.619. The highest BCUT2D eigenvalue weighted by atomic mass is 15.1. The summed E-state index contributed by atoms with van der Waals surface area (Å²) in [4.78, 5) is 3.74. The number of hydrogen-bond donors (Lipinski definition) is 1. The Morgan fingerprint density at radius 2 is 0.711 bits per heavy atom. The molecule has 45 heavy (non-hydrogen) atoms. The second-order valence-electron chi connectivity index (χ2n) is 15.1. The minimum Gasteiger partial charge on any atom is -0.247 e. The van der Waals surface area contributed by atoms with Crippen molar-refractivity contribution in [3.8, 4) is 0 Å². The summed E-state index contributed by atoms with van der Waals surface area (Å²) in [5, 5.41) is 0. The Morgan fingerprint density at radius 1 is 0.422 bits per heavy atom. The molecule has 2 nitrogen and oxygen atoms in total. The highest BCUT2D eigenvalue weighted by molar-refractivity contribution is 4.90. The van der Waals surface area contributed by atoms with E-state index in [0.717, 1.165) is 0 Å². The van der Waals surface area contributed by atoms with Crippen LogP contribution < -0.4 is 4.57 Å². The van der Waals surface area contributed by atoms with E-state index in [2.05, 4.69) is 49.6 Å². The highest BCUT2D eigenvalue weighted by Gasteiger charge is 2.25. The van der Waals surface area contributed by atoms with Gasteiger partial charge in [0, 0.05) is 0 Å². The topological polar surface area (TPSA) is 19.7 Å². The van der Waals surface area contributed by atoms with Crippen LogP contribution in [-0.4, -0.2) is 4.98 Å². The average Bonchev–Trinajstić information content (AvgIpc) is 3.54. The summed E-state index contributed by atoms with van der Waals surface area (Å²) in [6.45, 7) is 9.43. The monoisotopic (exact) mass is 630 g/mol. The highest BCUT2D eigenvalue weighted by Crippen LogP contribution is 2.27. The molecule has 1 rings (SSSR count). The van der Waals surface area contributed by atoms with Gasteiger partial charge in [-0.25, -0.2) is 9.55 Å². The first-order chi connectivity index (χ1) is 22.2. The van der Waals surface area contributed by atoms with Gasteiger partial charge < -0.3 is 0 Å². The van der Waals surface area contributed by atoms with Crippen LogP contribution in [-0.2, 0) is 0 Å². The maximum Gasteiger partial charge on any atom is 0.257 e. The molecule has 1 aromatic rings. The van der Waals surface area contributed by atoms with E-state index in [1.165, 1.54) is 224 Å². The van der Waals surface area contributed by atoms with Crippen molar-refractivity contribution in [1.82, 2.24) is 4.98 Å². The third kappa shape index (κ3) is 25.0. The van der Waals surface area contributed by atoms with Crippen LogP contribution in [0.1, 0.15) is 264 Å². The zero-order valence-electron chi connectivity index (χ0n) is 31.8. The SMILES string of the molecule is CCCCCCCCCCCCCCCCCC(C)[n+]1cc[nH]c1C(CCCCCC)CCCCCCCCCCCCCC. The zero-order chi connectivity index (χ0) is 32.5. The predicted molar refractivity (Wildman–Crippen MR) is 202 cm³/mol. The first-order valence-corrected chi connectivity index (χ1v) is 21.3. The number of rotatable bonds is 36. The van der Waals surface area contributed by atoms with Crippen molar-refractivity contribution in [2.45, 2.75) is 258 Å². The molecule has 0 aromatic carbocycles. The Kier molecular flexibility index (Phi) is 31.1. The molecule has 2 unspecified atom stereocenters. The van der Waals surface area contributed by atoms with Crippen LogP contribution in [0.25, 0.3) is 0 Å². The van der Waals surface area contributed by atoms with Crippen LogP contribution in [0.5, 0.6) is 0 Å². The maximum absolute atomic E-state index is 3.74. The van der Waals surface area contributed by atoms with Crippen LogP contribution in [0, 0.1) is 0 Å². The second-order valence-corrected chi connectivity index (χ2v) is 15.1. The van der Waals surface area contributed by atoms with Crippen molar-refractivity contribution in [3.05, 3.63) is 18.2 Å². The molecule has 0 saturated carbocycles. The van der Waals surface area contributed by atoms with Crippen molar-refractivity contribution in [2.75, 3.05) is 0 Å². The van der Waals surface area contributed by atoms with Crippen LogP contribution in [0.3, 0.4) is 0 Å². The number of hydrogen-bond acceptors (Lipinski definition) is 0. The molecular formula is C43H85N2+. The molecule has 1 heterocycles. The van der Waals surface area contributed by atoms with Gasteiger partial charge in [0.2, 0.25) is 0 Å². The van der Waals surface area contributed by atoms with Gasteiger partial charge in [-0.3, -0.25) is 0 Å². The lowest BCUT2D eigenvalue weighted by molar-refractivity contribution is -0.727. The summed E-state index contributed by atoms with van der Waals surface area (Å²) in [7, 11) is 0. The Bertz CT molecular complexity index is 694. The van der Waals surface area contributed by atoms with E-state index in [-0.39, 0.29) is 0 Å². The minimum atomic E-state index is 0.619. The quantitative estimate of drug-likeness (QED) is 0.0563. The largest absolute Gasteiger partial charge is 0.257 e. The summed E-state index contributed by atoms with van der Waals surface area (Å²) >= 11 is 0. The molecule has 0 bridgehead atoms.